The van der Waals surface area contributed by atoms with Gasteiger partial charge in [0.2, 0.25) is 0 Å². The third-order valence-electron chi connectivity index (χ3n) is 4.31. The molecule has 1 saturated carbocycles. The van der Waals surface area contributed by atoms with E-state index in [1.54, 1.807) is 7.11 Å². The van der Waals surface area contributed by atoms with Gasteiger partial charge >= 0.3 is 0 Å². The van der Waals surface area contributed by atoms with Crippen LogP contribution in [0.25, 0.3) is 0 Å². The molecule has 0 radical (unpaired) electrons. The molecular formula is C18H29NO2. The minimum atomic E-state index is 0.131. The van der Waals surface area contributed by atoms with E-state index in [9.17, 15) is 0 Å². The van der Waals surface area contributed by atoms with Gasteiger partial charge in [0.05, 0.1) is 19.3 Å². The van der Waals surface area contributed by atoms with E-state index < -0.39 is 0 Å². The molecule has 0 bridgehead atoms. The van der Waals surface area contributed by atoms with Crippen molar-refractivity contribution in [3.63, 3.8) is 0 Å². The molecule has 2 rings (SSSR count). The van der Waals surface area contributed by atoms with Crippen LogP contribution in [0.2, 0.25) is 0 Å². The number of nitrogens with one attached hydrogen (secondary N) is 1. The molecule has 0 saturated heterocycles. The van der Waals surface area contributed by atoms with E-state index in [1.807, 2.05) is 12.1 Å². The van der Waals surface area contributed by atoms with Gasteiger partial charge in [-0.3, -0.25) is 0 Å². The van der Waals surface area contributed by atoms with Crippen LogP contribution in [0.4, 0.5) is 0 Å². The number of hydrogen-bond acceptors (Lipinski definition) is 3. The summed E-state index contributed by atoms with van der Waals surface area (Å²) in [6, 6.07) is 8.27. The molecule has 21 heavy (non-hydrogen) atoms. The second-order valence-electron chi connectivity index (χ2n) is 6.10. The van der Waals surface area contributed by atoms with E-state index in [0.717, 1.165) is 24.8 Å². The highest BCUT2D eigenvalue weighted by Crippen LogP contribution is 2.30. The van der Waals surface area contributed by atoms with Crippen LogP contribution < -0.4 is 10.1 Å². The number of rotatable bonds is 7. The van der Waals surface area contributed by atoms with Crippen molar-refractivity contribution in [2.45, 2.75) is 51.7 Å². The third kappa shape index (κ3) is 5.01. The minimum Gasteiger partial charge on any atom is -0.497 e. The Morgan fingerprint density at radius 3 is 2.62 bits per heavy atom. The van der Waals surface area contributed by atoms with Gasteiger partial charge in [-0.25, -0.2) is 0 Å². The summed E-state index contributed by atoms with van der Waals surface area (Å²) in [7, 11) is 1.70. The molecule has 3 nitrogen and oxygen atoms in total. The van der Waals surface area contributed by atoms with Crippen molar-refractivity contribution >= 4 is 0 Å². The lowest BCUT2D eigenvalue weighted by Gasteiger charge is -2.31. The molecule has 0 spiro atoms. The zero-order valence-corrected chi connectivity index (χ0v) is 13.6. The second kappa shape index (κ2) is 8.40. The fourth-order valence-corrected chi connectivity index (χ4v) is 3.07. The lowest BCUT2D eigenvalue weighted by molar-refractivity contribution is -0.0393. The Morgan fingerprint density at radius 2 is 2.00 bits per heavy atom. The first-order valence-corrected chi connectivity index (χ1v) is 8.23. The van der Waals surface area contributed by atoms with E-state index in [1.165, 1.54) is 31.2 Å². The predicted molar refractivity (Wildman–Crippen MR) is 86.8 cm³/mol. The zero-order chi connectivity index (χ0) is 15.1. The third-order valence-corrected chi connectivity index (χ3v) is 4.31. The molecule has 0 aliphatic heterocycles. The van der Waals surface area contributed by atoms with Crippen molar-refractivity contribution in [1.82, 2.24) is 5.32 Å². The van der Waals surface area contributed by atoms with E-state index in [0.29, 0.717) is 6.10 Å². The fraction of sp³-hybridized carbons (Fsp3) is 0.667. The average Bonchev–Trinajstić information content (AvgIpc) is 2.51. The van der Waals surface area contributed by atoms with E-state index in [4.69, 9.17) is 9.47 Å². The maximum atomic E-state index is 6.42. The maximum Gasteiger partial charge on any atom is 0.118 e. The summed E-state index contributed by atoms with van der Waals surface area (Å²) in [6.07, 6.45) is 5.57. The highest BCUT2D eigenvalue weighted by molar-refractivity contribution is 5.28. The Balaban J connectivity index is 2.01. The minimum absolute atomic E-state index is 0.131. The van der Waals surface area contributed by atoms with Gasteiger partial charge in [-0.15, -0.1) is 0 Å². The normalized spacial score (nSPS) is 23.8. The Bertz CT molecular complexity index is 404. The first-order chi connectivity index (χ1) is 10.2. The Kier molecular flexibility index (Phi) is 6.52. The predicted octanol–water partition coefficient (Wildman–Crippen LogP) is 3.94. The van der Waals surface area contributed by atoms with Gasteiger partial charge in [-0.2, -0.15) is 0 Å². The van der Waals surface area contributed by atoms with Crippen LogP contribution in [0.1, 0.15) is 51.2 Å². The molecule has 3 atom stereocenters. The monoisotopic (exact) mass is 291 g/mol. The molecule has 1 aromatic rings. The molecule has 1 N–H and O–H groups in total. The Hall–Kier alpha value is -1.06. The van der Waals surface area contributed by atoms with Gasteiger partial charge < -0.3 is 14.8 Å². The molecule has 0 heterocycles. The van der Waals surface area contributed by atoms with Crippen LogP contribution in [0, 0.1) is 5.92 Å². The number of hydrogen-bond donors (Lipinski definition) is 1. The molecular weight excluding hydrogens is 262 g/mol. The highest BCUT2D eigenvalue weighted by atomic mass is 16.5. The van der Waals surface area contributed by atoms with Gasteiger partial charge in [0.1, 0.15) is 5.75 Å². The first-order valence-electron chi connectivity index (χ1n) is 8.23. The van der Waals surface area contributed by atoms with Crippen molar-refractivity contribution < 1.29 is 9.47 Å². The fourth-order valence-electron chi connectivity index (χ4n) is 3.07. The Labute approximate surface area is 129 Å². The van der Waals surface area contributed by atoms with Gasteiger partial charge in [-0.05, 0) is 43.0 Å². The standard InChI is InChI=1S/C18H29NO2/c1-4-19-13-18(15-8-10-16(20-3)11-9-15)21-17-7-5-6-14(2)12-17/h8-11,14,17-19H,4-7,12-13H2,1-3H3. The SMILES string of the molecule is CCNCC(OC1CCCC(C)C1)c1ccc(OC)cc1. The van der Waals surface area contributed by atoms with Crippen molar-refractivity contribution in [3.8, 4) is 5.75 Å². The summed E-state index contributed by atoms with van der Waals surface area (Å²) in [5.41, 5.74) is 1.23. The van der Waals surface area contributed by atoms with Crippen molar-refractivity contribution in [3.05, 3.63) is 29.8 Å². The molecule has 1 aromatic carbocycles. The largest absolute Gasteiger partial charge is 0.497 e. The van der Waals surface area contributed by atoms with E-state index in [2.05, 4.69) is 31.3 Å². The number of likely N-dealkylation sites (N-methyl/N-ethyl adjacent to an activating group) is 1. The second-order valence-corrected chi connectivity index (χ2v) is 6.10. The molecule has 3 heteroatoms. The zero-order valence-electron chi connectivity index (χ0n) is 13.6. The lowest BCUT2D eigenvalue weighted by Crippen LogP contribution is -2.29. The highest BCUT2D eigenvalue weighted by Gasteiger charge is 2.23. The van der Waals surface area contributed by atoms with Gasteiger partial charge in [0.25, 0.3) is 0 Å². The van der Waals surface area contributed by atoms with Gasteiger partial charge in [0, 0.05) is 6.54 Å². The molecule has 3 unspecified atom stereocenters. The molecule has 0 aromatic heterocycles. The van der Waals surface area contributed by atoms with Crippen LogP contribution in [0.5, 0.6) is 5.75 Å². The van der Waals surface area contributed by atoms with Gasteiger partial charge in [0.15, 0.2) is 0 Å². The van der Waals surface area contributed by atoms with Crippen molar-refractivity contribution in [2.75, 3.05) is 20.2 Å². The topological polar surface area (TPSA) is 30.5 Å². The summed E-state index contributed by atoms with van der Waals surface area (Å²) in [6.45, 7) is 6.31. The van der Waals surface area contributed by atoms with Crippen LogP contribution in [-0.2, 0) is 4.74 Å². The summed E-state index contributed by atoms with van der Waals surface area (Å²) >= 11 is 0. The lowest BCUT2D eigenvalue weighted by atomic mass is 9.88. The van der Waals surface area contributed by atoms with Crippen molar-refractivity contribution in [1.29, 1.82) is 0 Å². The summed E-state index contributed by atoms with van der Waals surface area (Å²) in [4.78, 5) is 0. The van der Waals surface area contributed by atoms with Crippen LogP contribution in [-0.4, -0.2) is 26.3 Å². The smallest absolute Gasteiger partial charge is 0.118 e. The first kappa shape index (κ1) is 16.3. The van der Waals surface area contributed by atoms with Crippen molar-refractivity contribution in [2.24, 2.45) is 5.92 Å². The summed E-state index contributed by atoms with van der Waals surface area (Å²) < 4.78 is 11.7. The number of ether oxygens (including phenoxy) is 2. The molecule has 0 amide bonds. The summed E-state index contributed by atoms with van der Waals surface area (Å²) in [5.74, 6) is 1.69. The molecule has 1 aliphatic carbocycles. The number of benzene rings is 1. The van der Waals surface area contributed by atoms with Gasteiger partial charge in [-0.1, -0.05) is 38.8 Å². The van der Waals surface area contributed by atoms with Crippen LogP contribution in [0.15, 0.2) is 24.3 Å². The summed E-state index contributed by atoms with van der Waals surface area (Å²) in [5, 5.41) is 3.42. The molecule has 1 fully saturated rings. The van der Waals surface area contributed by atoms with E-state index in [-0.39, 0.29) is 6.10 Å². The Morgan fingerprint density at radius 1 is 1.24 bits per heavy atom. The maximum absolute atomic E-state index is 6.42. The van der Waals surface area contributed by atoms with Crippen LogP contribution in [0.3, 0.4) is 0 Å². The van der Waals surface area contributed by atoms with E-state index >= 15 is 0 Å². The van der Waals surface area contributed by atoms with Crippen LogP contribution >= 0.6 is 0 Å². The average molecular weight is 291 g/mol. The number of methoxy groups -OCH3 is 1. The molecule has 118 valence electrons. The quantitative estimate of drug-likeness (QED) is 0.825. The molecule has 1 aliphatic rings.